The molecule has 6 heteroatoms. The second-order valence-electron chi connectivity index (χ2n) is 2.39. The second kappa shape index (κ2) is 6.30. The van der Waals surface area contributed by atoms with Crippen molar-refractivity contribution in [2.24, 2.45) is 0 Å². The van der Waals surface area contributed by atoms with E-state index in [1.807, 2.05) is 10.8 Å². The quantitative estimate of drug-likeness (QED) is 0.720. The minimum Gasteiger partial charge on any atom is -0.465 e. The Morgan fingerprint density at radius 2 is 2.38 bits per heavy atom. The summed E-state index contributed by atoms with van der Waals surface area (Å²) in [6.45, 7) is 1.27. The molecule has 1 aromatic heterocycles. The number of aromatic nitrogens is 2. The summed E-state index contributed by atoms with van der Waals surface area (Å²) in [7, 11) is 0. The second-order valence-corrected chi connectivity index (χ2v) is 2.39. The Bertz CT molecular complexity index is 238. The van der Waals surface area contributed by atoms with Crippen LogP contribution in [0.25, 0.3) is 0 Å². The standard InChI is InChI=1S/C7H11N3O2.ClH/c11-7(12)9-2-1-4-10-5-3-8-6-10;/h3,5-6,9H,1-2,4H2,(H,11,12);1H. The van der Waals surface area contributed by atoms with Crippen molar-refractivity contribution in [3.8, 4) is 0 Å². The zero-order valence-corrected chi connectivity index (χ0v) is 7.83. The molecule has 1 rings (SSSR count). The van der Waals surface area contributed by atoms with E-state index in [0.717, 1.165) is 13.0 Å². The van der Waals surface area contributed by atoms with Gasteiger partial charge in [-0.15, -0.1) is 12.4 Å². The van der Waals surface area contributed by atoms with E-state index >= 15 is 0 Å². The summed E-state index contributed by atoms with van der Waals surface area (Å²) in [5, 5.41) is 10.5. The molecule has 0 radical (unpaired) electrons. The zero-order valence-electron chi connectivity index (χ0n) is 7.01. The molecule has 0 atom stereocenters. The summed E-state index contributed by atoms with van der Waals surface area (Å²) in [4.78, 5) is 13.9. The SMILES string of the molecule is Cl.O=C(O)NCCCn1ccnc1. The number of hydrogen-bond donors (Lipinski definition) is 2. The van der Waals surface area contributed by atoms with Gasteiger partial charge in [0, 0.05) is 25.5 Å². The number of nitrogens with one attached hydrogen (secondary N) is 1. The van der Waals surface area contributed by atoms with Gasteiger partial charge in [0.05, 0.1) is 6.33 Å². The van der Waals surface area contributed by atoms with E-state index < -0.39 is 6.09 Å². The van der Waals surface area contributed by atoms with Crippen LogP contribution in [0.15, 0.2) is 18.7 Å². The fourth-order valence-electron chi connectivity index (χ4n) is 0.876. The van der Waals surface area contributed by atoms with E-state index in [-0.39, 0.29) is 12.4 Å². The molecule has 0 fully saturated rings. The van der Waals surface area contributed by atoms with Crippen LogP contribution in [0, 0.1) is 0 Å². The molecule has 2 N–H and O–H groups in total. The predicted octanol–water partition coefficient (Wildman–Crippen LogP) is 0.963. The Morgan fingerprint density at radius 1 is 1.62 bits per heavy atom. The van der Waals surface area contributed by atoms with E-state index in [9.17, 15) is 4.79 Å². The lowest BCUT2D eigenvalue weighted by Crippen LogP contribution is -2.22. The largest absolute Gasteiger partial charge is 0.465 e. The lowest BCUT2D eigenvalue weighted by molar-refractivity contribution is 0.194. The Kier molecular flexibility index (Phi) is 5.71. The number of carboxylic acid groups (broad SMARTS) is 1. The van der Waals surface area contributed by atoms with Crippen LogP contribution >= 0.6 is 12.4 Å². The van der Waals surface area contributed by atoms with Crippen molar-refractivity contribution in [2.45, 2.75) is 13.0 Å². The highest BCUT2D eigenvalue weighted by Crippen LogP contribution is 1.88. The maximum atomic E-state index is 10.0. The minimum atomic E-state index is -0.972. The zero-order chi connectivity index (χ0) is 8.81. The highest BCUT2D eigenvalue weighted by Gasteiger charge is 1.93. The average Bonchev–Trinajstić information content (AvgIpc) is 2.49. The van der Waals surface area contributed by atoms with Crippen LogP contribution < -0.4 is 5.32 Å². The van der Waals surface area contributed by atoms with E-state index in [1.165, 1.54) is 0 Å². The molecule has 5 nitrogen and oxygen atoms in total. The molecule has 0 unspecified atom stereocenters. The van der Waals surface area contributed by atoms with Gasteiger partial charge in [-0.25, -0.2) is 9.78 Å². The Hall–Kier alpha value is -1.23. The first kappa shape index (κ1) is 11.8. The molecule has 0 aliphatic carbocycles. The first-order chi connectivity index (χ1) is 5.79. The molecular formula is C7H12ClN3O2. The van der Waals surface area contributed by atoms with Gasteiger partial charge in [-0.2, -0.15) is 0 Å². The summed E-state index contributed by atoms with van der Waals surface area (Å²) in [5.41, 5.74) is 0. The lowest BCUT2D eigenvalue weighted by Gasteiger charge is -2.01. The number of carbonyl (C=O) groups is 1. The Balaban J connectivity index is 0.00000144. The number of halogens is 1. The van der Waals surface area contributed by atoms with Gasteiger partial charge in [0.15, 0.2) is 0 Å². The van der Waals surface area contributed by atoms with Gasteiger partial charge >= 0.3 is 6.09 Å². The number of imidazole rings is 1. The van der Waals surface area contributed by atoms with E-state index in [4.69, 9.17) is 5.11 Å². The maximum Gasteiger partial charge on any atom is 0.404 e. The first-order valence-electron chi connectivity index (χ1n) is 3.71. The summed E-state index contributed by atoms with van der Waals surface area (Å²) in [5.74, 6) is 0. The van der Waals surface area contributed by atoms with Crippen LogP contribution in [0.5, 0.6) is 0 Å². The third-order valence-corrected chi connectivity index (χ3v) is 1.43. The molecule has 1 aromatic rings. The third-order valence-electron chi connectivity index (χ3n) is 1.43. The van der Waals surface area contributed by atoms with Crippen molar-refractivity contribution >= 4 is 18.5 Å². The van der Waals surface area contributed by atoms with Crippen molar-refractivity contribution < 1.29 is 9.90 Å². The van der Waals surface area contributed by atoms with Crippen molar-refractivity contribution in [1.82, 2.24) is 14.9 Å². The van der Waals surface area contributed by atoms with Gasteiger partial charge in [0.1, 0.15) is 0 Å². The summed E-state index contributed by atoms with van der Waals surface area (Å²) in [6.07, 6.45) is 5.06. The molecule has 0 aliphatic rings. The summed E-state index contributed by atoms with van der Waals surface area (Å²) >= 11 is 0. The molecule has 74 valence electrons. The number of amides is 1. The number of aryl methyl sites for hydroxylation is 1. The molecule has 0 aliphatic heterocycles. The van der Waals surface area contributed by atoms with Crippen LogP contribution in [0.4, 0.5) is 4.79 Å². The smallest absolute Gasteiger partial charge is 0.404 e. The van der Waals surface area contributed by atoms with Gasteiger partial charge < -0.3 is 15.0 Å². The van der Waals surface area contributed by atoms with Gasteiger partial charge in [-0.3, -0.25) is 0 Å². The van der Waals surface area contributed by atoms with Crippen LogP contribution in [0.1, 0.15) is 6.42 Å². The van der Waals surface area contributed by atoms with E-state index in [0.29, 0.717) is 6.54 Å². The molecule has 1 heterocycles. The van der Waals surface area contributed by atoms with Crippen molar-refractivity contribution in [3.05, 3.63) is 18.7 Å². The number of nitrogens with zero attached hydrogens (tertiary/aromatic N) is 2. The third kappa shape index (κ3) is 5.08. The molecule has 0 spiro atoms. The summed E-state index contributed by atoms with van der Waals surface area (Å²) < 4.78 is 1.91. The highest BCUT2D eigenvalue weighted by atomic mass is 35.5. The maximum absolute atomic E-state index is 10.0. The molecule has 13 heavy (non-hydrogen) atoms. The molecule has 0 bridgehead atoms. The van der Waals surface area contributed by atoms with E-state index in [2.05, 4.69) is 10.3 Å². The number of rotatable bonds is 4. The molecule has 0 saturated carbocycles. The van der Waals surface area contributed by atoms with Gasteiger partial charge in [-0.1, -0.05) is 0 Å². The van der Waals surface area contributed by atoms with Crippen molar-refractivity contribution in [3.63, 3.8) is 0 Å². The molecule has 0 aromatic carbocycles. The van der Waals surface area contributed by atoms with Crippen molar-refractivity contribution in [1.29, 1.82) is 0 Å². The van der Waals surface area contributed by atoms with E-state index in [1.54, 1.807) is 12.5 Å². The van der Waals surface area contributed by atoms with Crippen LogP contribution in [-0.4, -0.2) is 27.3 Å². The van der Waals surface area contributed by atoms with Gasteiger partial charge in [0.2, 0.25) is 0 Å². The van der Waals surface area contributed by atoms with Gasteiger partial charge in [-0.05, 0) is 6.42 Å². The van der Waals surface area contributed by atoms with Crippen LogP contribution in [0.3, 0.4) is 0 Å². The predicted molar refractivity (Wildman–Crippen MR) is 50.1 cm³/mol. The first-order valence-corrected chi connectivity index (χ1v) is 3.71. The highest BCUT2D eigenvalue weighted by molar-refractivity contribution is 5.85. The minimum absolute atomic E-state index is 0. The fourth-order valence-corrected chi connectivity index (χ4v) is 0.876. The molecule has 1 amide bonds. The Morgan fingerprint density at radius 3 is 2.92 bits per heavy atom. The van der Waals surface area contributed by atoms with Crippen LogP contribution in [0.2, 0.25) is 0 Å². The fraction of sp³-hybridized carbons (Fsp3) is 0.429. The van der Waals surface area contributed by atoms with Gasteiger partial charge in [0.25, 0.3) is 0 Å². The van der Waals surface area contributed by atoms with Crippen LogP contribution in [-0.2, 0) is 6.54 Å². The number of hydrogen-bond acceptors (Lipinski definition) is 2. The summed E-state index contributed by atoms with van der Waals surface area (Å²) in [6, 6.07) is 0. The average molecular weight is 206 g/mol. The Labute approximate surface area is 82.2 Å². The topological polar surface area (TPSA) is 67.2 Å². The lowest BCUT2D eigenvalue weighted by atomic mass is 10.4. The molecule has 0 saturated heterocycles. The molecular weight excluding hydrogens is 194 g/mol. The normalized spacial score (nSPS) is 8.92. The monoisotopic (exact) mass is 205 g/mol. The van der Waals surface area contributed by atoms with Crippen molar-refractivity contribution in [2.75, 3.05) is 6.54 Å².